The van der Waals surface area contributed by atoms with Crippen molar-refractivity contribution in [2.75, 3.05) is 18.5 Å². The molecule has 3 aromatic rings. The van der Waals surface area contributed by atoms with Crippen molar-refractivity contribution >= 4 is 46.5 Å². The zero-order valence-corrected chi connectivity index (χ0v) is 19.5. The summed E-state index contributed by atoms with van der Waals surface area (Å²) >= 11 is 0.757. The Balaban J connectivity index is 1.45. The molecule has 0 radical (unpaired) electrons. The molecule has 0 atom stereocenters. The number of benzene rings is 2. The van der Waals surface area contributed by atoms with Crippen LogP contribution in [0.1, 0.15) is 23.0 Å². The molecule has 0 aliphatic carbocycles. The van der Waals surface area contributed by atoms with Gasteiger partial charge in [-0.25, -0.2) is 4.79 Å². The molecule has 0 spiro atoms. The minimum absolute atomic E-state index is 0.159. The molecule has 2 aromatic carbocycles. The lowest BCUT2D eigenvalue weighted by Crippen LogP contribution is -2.36. The van der Waals surface area contributed by atoms with Crippen molar-refractivity contribution < 1.29 is 29.0 Å². The molecule has 3 amide bonds. The van der Waals surface area contributed by atoms with Crippen molar-refractivity contribution in [1.29, 1.82) is 0 Å². The first-order valence-corrected chi connectivity index (χ1v) is 11.5. The summed E-state index contributed by atoms with van der Waals surface area (Å²) in [4.78, 5) is 49.9. The van der Waals surface area contributed by atoms with E-state index in [1.165, 1.54) is 12.1 Å². The van der Waals surface area contributed by atoms with Gasteiger partial charge in [0.25, 0.3) is 11.1 Å². The minimum atomic E-state index is -1.02. The van der Waals surface area contributed by atoms with Crippen LogP contribution in [0, 0.1) is 0 Å². The van der Waals surface area contributed by atoms with Crippen molar-refractivity contribution in [3.63, 3.8) is 0 Å². The molecule has 1 saturated heterocycles. The Hall–Kier alpha value is -4.31. The fourth-order valence-corrected chi connectivity index (χ4v) is 4.25. The summed E-state index contributed by atoms with van der Waals surface area (Å²) in [7, 11) is 0. The number of carboxylic acids is 1. The van der Waals surface area contributed by atoms with Crippen LogP contribution in [0.25, 0.3) is 11.8 Å². The fraction of sp³-hybridized carbons (Fsp3) is 0.120. The van der Waals surface area contributed by atoms with E-state index in [0.29, 0.717) is 29.4 Å². The number of carbonyl (C=O) groups excluding carboxylic acids is 3. The zero-order valence-electron chi connectivity index (χ0n) is 18.6. The number of nitrogens with zero attached hydrogens (tertiary/aromatic N) is 2. The molecule has 0 saturated carbocycles. The molecule has 1 aromatic heterocycles. The largest absolute Gasteiger partial charge is 0.494 e. The number of aromatic nitrogens is 1. The highest BCUT2D eigenvalue weighted by Crippen LogP contribution is 2.32. The predicted octanol–water partition coefficient (Wildman–Crippen LogP) is 4.25. The summed E-state index contributed by atoms with van der Waals surface area (Å²) in [5, 5.41) is 11.2. The Morgan fingerprint density at radius 2 is 1.77 bits per heavy atom. The number of hydrogen-bond acceptors (Lipinski definition) is 6. The maximum atomic E-state index is 12.9. The Morgan fingerprint density at radius 3 is 2.43 bits per heavy atom. The fourth-order valence-electron chi connectivity index (χ4n) is 3.43. The summed E-state index contributed by atoms with van der Waals surface area (Å²) < 4.78 is 7.13. The number of imide groups is 1. The topological polar surface area (TPSA) is 118 Å². The number of hydrogen-bond donors (Lipinski definition) is 2. The number of carboxylic acid groups (broad SMARTS) is 1. The van der Waals surface area contributed by atoms with Crippen LogP contribution in [0.3, 0.4) is 0 Å². The third kappa shape index (κ3) is 5.44. The van der Waals surface area contributed by atoms with Gasteiger partial charge in [-0.3, -0.25) is 19.3 Å². The second-order valence-electron chi connectivity index (χ2n) is 7.43. The second-order valence-corrected chi connectivity index (χ2v) is 8.42. The number of amides is 3. The summed E-state index contributed by atoms with van der Waals surface area (Å²) in [6.07, 6.45) is 3.33. The lowest BCUT2D eigenvalue weighted by Gasteiger charge is -2.13. The monoisotopic (exact) mass is 491 g/mol. The first-order chi connectivity index (χ1) is 16.9. The second kappa shape index (κ2) is 10.3. The number of thioether (sulfide) groups is 1. The SMILES string of the molecule is CCOc1ccc(NC(=O)CN2C(=O)S/C(=C/c3cccn3-c3ccc(C(=O)O)cc3)C2=O)cc1. The summed E-state index contributed by atoms with van der Waals surface area (Å²) in [5.41, 5.74) is 2.00. The van der Waals surface area contributed by atoms with Crippen LogP contribution in [0.2, 0.25) is 0 Å². The van der Waals surface area contributed by atoms with Gasteiger partial charge in [-0.2, -0.15) is 0 Å². The maximum absolute atomic E-state index is 12.9. The molecular formula is C25H21N3O6S. The van der Waals surface area contributed by atoms with E-state index >= 15 is 0 Å². The molecule has 0 unspecified atom stereocenters. The molecule has 10 heteroatoms. The third-order valence-electron chi connectivity index (χ3n) is 5.08. The molecule has 35 heavy (non-hydrogen) atoms. The number of anilines is 1. The van der Waals surface area contributed by atoms with Crippen LogP contribution in [0.15, 0.2) is 71.8 Å². The van der Waals surface area contributed by atoms with Crippen molar-refractivity contribution in [2.45, 2.75) is 6.92 Å². The van der Waals surface area contributed by atoms with Crippen LogP contribution >= 0.6 is 11.8 Å². The molecule has 1 aliphatic heterocycles. The van der Waals surface area contributed by atoms with Crippen molar-refractivity contribution in [2.24, 2.45) is 0 Å². The number of ether oxygens (including phenoxy) is 1. The van der Waals surface area contributed by atoms with Gasteiger partial charge in [0.2, 0.25) is 5.91 Å². The molecule has 1 fully saturated rings. The van der Waals surface area contributed by atoms with Gasteiger partial charge in [0.1, 0.15) is 12.3 Å². The van der Waals surface area contributed by atoms with E-state index in [0.717, 1.165) is 16.7 Å². The summed E-state index contributed by atoms with van der Waals surface area (Å²) in [6.45, 7) is 1.99. The van der Waals surface area contributed by atoms with Gasteiger partial charge in [-0.05, 0) is 85.4 Å². The Labute approximate surface area is 205 Å². The van der Waals surface area contributed by atoms with E-state index in [2.05, 4.69) is 5.32 Å². The lowest BCUT2D eigenvalue weighted by atomic mass is 10.2. The quantitative estimate of drug-likeness (QED) is 0.452. The van der Waals surface area contributed by atoms with E-state index in [1.807, 2.05) is 6.92 Å². The van der Waals surface area contributed by atoms with E-state index in [4.69, 9.17) is 9.84 Å². The molecule has 1 aliphatic rings. The van der Waals surface area contributed by atoms with E-state index in [-0.39, 0.29) is 10.5 Å². The average Bonchev–Trinajstić information content (AvgIpc) is 3.40. The Morgan fingerprint density at radius 1 is 1.06 bits per heavy atom. The zero-order chi connectivity index (χ0) is 24.9. The molecule has 2 heterocycles. The molecule has 178 valence electrons. The highest BCUT2D eigenvalue weighted by molar-refractivity contribution is 8.18. The third-order valence-corrected chi connectivity index (χ3v) is 5.98. The smallest absolute Gasteiger partial charge is 0.335 e. The number of rotatable bonds is 8. The molecule has 9 nitrogen and oxygen atoms in total. The van der Waals surface area contributed by atoms with E-state index in [9.17, 15) is 19.2 Å². The van der Waals surface area contributed by atoms with Gasteiger partial charge in [-0.1, -0.05) is 0 Å². The normalized spacial score (nSPS) is 14.4. The van der Waals surface area contributed by atoms with Gasteiger partial charge in [-0.15, -0.1) is 0 Å². The highest BCUT2D eigenvalue weighted by atomic mass is 32.2. The first kappa shape index (κ1) is 23.8. The van der Waals surface area contributed by atoms with Gasteiger partial charge in [0, 0.05) is 23.3 Å². The van der Waals surface area contributed by atoms with Gasteiger partial charge >= 0.3 is 5.97 Å². The average molecular weight is 492 g/mol. The van der Waals surface area contributed by atoms with E-state index < -0.39 is 29.6 Å². The maximum Gasteiger partial charge on any atom is 0.335 e. The van der Waals surface area contributed by atoms with Crippen LogP contribution in [0.4, 0.5) is 10.5 Å². The molecule has 2 N–H and O–H groups in total. The first-order valence-electron chi connectivity index (χ1n) is 10.6. The van der Waals surface area contributed by atoms with Crippen LogP contribution < -0.4 is 10.1 Å². The van der Waals surface area contributed by atoms with Crippen molar-refractivity contribution in [3.05, 3.63) is 83.0 Å². The van der Waals surface area contributed by atoms with Crippen molar-refractivity contribution in [1.82, 2.24) is 9.47 Å². The summed E-state index contributed by atoms with van der Waals surface area (Å²) in [5.74, 6) is -1.41. The van der Waals surface area contributed by atoms with Crippen LogP contribution in [0.5, 0.6) is 5.75 Å². The van der Waals surface area contributed by atoms with Gasteiger partial charge < -0.3 is 19.7 Å². The minimum Gasteiger partial charge on any atom is -0.494 e. The molecule has 0 bridgehead atoms. The summed E-state index contributed by atoms with van der Waals surface area (Å²) in [6, 6.07) is 16.6. The number of nitrogens with one attached hydrogen (secondary N) is 1. The van der Waals surface area contributed by atoms with Gasteiger partial charge in [0.15, 0.2) is 0 Å². The standard InChI is InChI=1S/C25H21N3O6S/c1-2-34-20-11-7-17(8-12-20)26-22(29)15-28-23(30)21(35-25(28)33)14-19-4-3-13-27(19)18-9-5-16(6-10-18)24(31)32/h3-14H,2,15H2,1H3,(H,26,29)(H,31,32)/b21-14+. The van der Waals surface area contributed by atoms with Crippen molar-refractivity contribution in [3.8, 4) is 11.4 Å². The van der Waals surface area contributed by atoms with Crippen LogP contribution in [-0.2, 0) is 9.59 Å². The predicted molar refractivity (Wildman–Crippen MR) is 132 cm³/mol. The number of aromatic carboxylic acids is 1. The molecular weight excluding hydrogens is 470 g/mol. The van der Waals surface area contributed by atoms with Gasteiger partial charge in [0.05, 0.1) is 17.1 Å². The number of carbonyl (C=O) groups is 4. The Bertz CT molecular complexity index is 1310. The van der Waals surface area contributed by atoms with Crippen LogP contribution in [-0.4, -0.2) is 50.7 Å². The highest BCUT2D eigenvalue weighted by Gasteiger charge is 2.36. The van der Waals surface area contributed by atoms with E-state index in [1.54, 1.807) is 65.4 Å². The molecule has 4 rings (SSSR count). The lowest BCUT2D eigenvalue weighted by molar-refractivity contribution is -0.127. The Kier molecular flexibility index (Phi) is 7.02.